The summed E-state index contributed by atoms with van der Waals surface area (Å²) in [5.74, 6) is -1.08. The second-order valence-corrected chi connectivity index (χ2v) is 1.79. The van der Waals surface area contributed by atoms with Crippen molar-refractivity contribution in [3.05, 3.63) is 0 Å². The third-order valence-electron chi connectivity index (χ3n) is 0. The van der Waals surface area contributed by atoms with Crippen LogP contribution in [0.2, 0.25) is 0 Å². The Morgan fingerprint density at radius 2 is 1.27 bits per heavy atom. The predicted octanol–water partition coefficient (Wildman–Crippen LogP) is -9.74. The average Bonchev–Trinajstić information content (AvgIpc) is 1.25. The van der Waals surface area contributed by atoms with Crippen molar-refractivity contribution < 1.29 is 59.7 Å². The van der Waals surface area contributed by atoms with Gasteiger partial charge in [-0.25, -0.2) is 0 Å². The third kappa shape index (κ3) is 2410. The van der Waals surface area contributed by atoms with Crippen LogP contribution >= 0.6 is 0 Å². The van der Waals surface area contributed by atoms with Crippen molar-refractivity contribution in [2.75, 3.05) is 0 Å². The molecule has 0 saturated heterocycles. The Kier molecular flexibility index (Phi) is 61.1. The number of hydrogen-bond donors (Lipinski definition) is 1. The fourth-order valence-electron chi connectivity index (χ4n) is 0. The van der Waals surface area contributed by atoms with E-state index in [-0.39, 0.29) is 43.9 Å². The van der Waals surface area contributed by atoms with Gasteiger partial charge in [-0.15, -0.1) is 0 Å². The number of quaternary nitrogens is 1. The van der Waals surface area contributed by atoms with Crippen LogP contribution in [0.5, 0.6) is 0 Å². The van der Waals surface area contributed by atoms with Crippen molar-refractivity contribution >= 4 is 20.9 Å². The van der Waals surface area contributed by atoms with E-state index in [1.54, 1.807) is 0 Å². The van der Waals surface area contributed by atoms with E-state index in [2.05, 4.69) is 0 Å². The summed E-state index contributed by atoms with van der Waals surface area (Å²) < 4.78 is 25.8. The van der Waals surface area contributed by atoms with Gasteiger partial charge in [0.15, 0.2) is 0 Å². The Bertz CT molecular complexity index is 80.5. The molecule has 0 radical (unpaired) electrons. The SMILES string of the molecule is CC(=O)[O-].[Li+].[Li+].[NH4+].[O]=[Ge]([O-])[O-]. The van der Waals surface area contributed by atoms with Gasteiger partial charge >= 0.3 is 64.7 Å². The van der Waals surface area contributed by atoms with Gasteiger partial charge in [-0.3, -0.25) is 0 Å². The molecule has 11 heavy (non-hydrogen) atoms. The summed E-state index contributed by atoms with van der Waals surface area (Å²) >= 11 is -4.08. The Morgan fingerprint density at radius 1 is 1.27 bits per heavy atom. The van der Waals surface area contributed by atoms with Gasteiger partial charge in [-0.1, -0.05) is 0 Å². The fraction of sp³-hybridized carbons (Fsp3) is 0.500. The molecular weight excluding hydrogens is 205 g/mol. The first-order chi connectivity index (χ1) is 3.46. The normalized spacial score (nSPS) is 4.45. The molecule has 0 aromatic rings. The summed E-state index contributed by atoms with van der Waals surface area (Å²) in [6.07, 6.45) is 0. The summed E-state index contributed by atoms with van der Waals surface area (Å²) in [6, 6.07) is 0. The number of aliphatic carboxylic acids is 1. The van der Waals surface area contributed by atoms with Crippen molar-refractivity contribution in [3.8, 4) is 0 Å². The van der Waals surface area contributed by atoms with E-state index in [1.807, 2.05) is 0 Å². The van der Waals surface area contributed by atoms with E-state index in [9.17, 15) is 0 Å². The summed E-state index contributed by atoms with van der Waals surface area (Å²) in [7, 11) is 0. The second-order valence-electron chi connectivity index (χ2n) is 0.742. The average molecular weight is 212 g/mol. The molecule has 0 saturated carbocycles. The third-order valence-corrected chi connectivity index (χ3v) is 0. The molecule has 4 N–H and O–H groups in total. The van der Waals surface area contributed by atoms with Crippen LogP contribution in [0.15, 0.2) is 0 Å². The van der Waals surface area contributed by atoms with Crippen LogP contribution in [0.4, 0.5) is 0 Å². The summed E-state index contributed by atoms with van der Waals surface area (Å²) in [5.41, 5.74) is 0. The van der Waals surface area contributed by atoms with E-state index in [1.165, 1.54) is 0 Å². The maximum absolute atomic E-state index is 8.89. The van der Waals surface area contributed by atoms with Crippen molar-refractivity contribution in [1.82, 2.24) is 6.15 Å². The molecule has 0 unspecified atom stereocenters. The number of carbonyl (C=O) groups excluding carboxylic acids is 1. The van der Waals surface area contributed by atoms with Crippen molar-refractivity contribution in [2.45, 2.75) is 6.92 Å². The summed E-state index contributed by atoms with van der Waals surface area (Å²) in [4.78, 5) is 8.89. The molecule has 0 aliphatic rings. The molecule has 0 aromatic heterocycles. The summed E-state index contributed by atoms with van der Waals surface area (Å²) in [5, 5.41) is 8.89. The van der Waals surface area contributed by atoms with Crippen molar-refractivity contribution in [3.63, 3.8) is 0 Å². The quantitative estimate of drug-likeness (QED) is 0.396. The predicted molar refractivity (Wildman–Crippen MR) is 23.1 cm³/mol. The topological polar surface area (TPSA) is 140 Å². The number of hydrogen-bond acceptors (Lipinski definition) is 5. The monoisotopic (exact) mass is 213 g/mol. The Hall–Kier alpha value is 0.568. The molecular formula is C2H7GeLi2NO5. The first-order valence-corrected chi connectivity index (χ1v) is 4.09. The maximum atomic E-state index is 8.89. The van der Waals surface area contributed by atoms with E-state index in [0.29, 0.717) is 0 Å². The van der Waals surface area contributed by atoms with Gasteiger partial charge < -0.3 is 16.1 Å². The molecule has 56 valence electrons. The zero-order valence-corrected chi connectivity index (χ0v) is 9.14. The van der Waals surface area contributed by atoms with Gasteiger partial charge in [0.1, 0.15) is 0 Å². The van der Waals surface area contributed by atoms with Crippen molar-refractivity contribution in [2.24, 2.45) is 0 Å². The van der Waals surface area contributed by atoms with Gasteiger partial charge in [0, 0.05) is 5.97 Å². The van der Waals surface area contributed by atoms with E-state index >= 15 is 0 Å². The number of carboxylic acid groups (broad SMARTS) is 1. The minimum atomic E-state index is -4.08. The van der Waals surface area contributed by atoms with Gasteiger partial charge in [0.25, 0.3) is 0 Å². The van der Waals surface area contributed by atoms with Gasteiger partial charge in [0.2, 0.25) is 0 Å². The van der Waals surface area contributed by atoms with Crippen LogP contribution in [0.25, 0.3) is 0 Å². The minimum absolute atomic E-state index is 0. The van der Waals surface area contributed by atoms with Gasteiger partial charge in [-0.05, 0) is 6.92 Å². The number of carboxylic acids is 1. The molecule has 0 aliphatic heterocycles. The molecule has 0 aliphatic carbocycles. The molecule has 0 aromatic carbocycles. The molecule has 6 nitrogen and oxygen atoms in total. The van der Waals surface area contributed by atoms with Gasteiger partial charge in [0.05, 0.1) is 0 Å². The molecule has 0 atom stereocenters. The molecule has 0 spiro atoms. The second kappa shape index (κ2) is 22.4. The number of rotatable bonds is 0. The fourth-order valence-corrected chi connectivity index (χ4v) is 0. The first-order valence-electron chi connectivity index (χ1n) is 1.52. The molecule has 0 heterocycles. The van der Waals surface area contributed by atoms with Crippen molar-refractivity contribution in [1.29, 1.82) is 0 Å². The zero-order chi connectivity index (χ0) is 7.15. The van der Waals surface area contributed by atoms with Crippen LogP contribution in [-0.4, -0.2) is 20.9 Å². The van der Waals surface area contributed by atoms with E-state index in [0.717, 1.165) is 6.92 Å². The van der Waals surface area contributed by atoms with Crippen LogP contribution < -0.4 is 57.2 Å². The molecule has 0 fully saturated rings. The Balaban J connectivity index is -0.0000000171. The zero-order valence-electron chi connectivity index (χ0n) is 7.04. The van der Waals surface area contributed by atoms with E-state index in [4.69, 9.17) is 21.9 Å². The van der Waals surface area contributed by atoms with Crippen LogP contribution in [0.1, 0.15) is 6.92 Å². The standard InChI is InChI=1S/C2H4O2.GeO3.2Li.H3N/c1-2(3)4;2-1(3)4;;;/h1H3,(H,3,4);;;;1H3/q;-2;2*+1;. The Morgan fingerprint density at radius 3 is 1.27 bits per heavy atom. The first kappa shape index (κ1) is 29.9. The van der Waals surface area contributed by atoms with E-state index < -0.39 is 20.9 Å². The molecule has 9 heteroatoms. The molecule has 0 amide bonds. The summed E-state index contributed by atoms with van der Waals surface area (Å²) in [6.45, 7) is 0.972. The Labute approximate surface area is 93.3 Å². The van der Waals surface area contributed by atoms with Crippen LogP contribution in [0.3, 0.4) is 0 Å². The van der Waals surface area contributed by atoms with Crippen LogP contribution in [-0.2, 0) is 8.57 Å². The molecule has 0 bridgehead atoms. The van der Waals surface area contributed by atoms with Crippen LogP contribution in [0, 0.1) is 0 Å². The number of carbonyl (C=O) groups is 1. The van der Waals surface area contributed by atoms with Gasteiger partial charge in [-0.2, -0.15) is 0 Å². The molecule has 0 rings (SSSR count).